The third kappa shape index (κ3) is 7.68. The summed E-state index contributed by atoms with van der Waals surface area (Å²) in [5, 5.41) is 35.8. The highest BCUT2D eigenvalue weighted by atomic mass is 16.6. The largest absolute Gasteiger partial charge is 0.478 e. The molecule has 0 saturated carbocycles. The molecule has 0 unspecified atom stereocenters. The Bertz CT molecular complexity index is 1330. The zero-order valence-electron chi connectivity index (χ0n) is 18.9. The van der Waals surface area contributed by atoms with E-state index in [1.54, 1.807) is 0 Å². The molecule has 0 aromatic heterocycles. The van der Waals surface area contributed by atoms with Gasteiger partial charge in [-0.3, -0.25) is 29.8 Å². The summed E-state index contributed by atoms with van der Waals surface area (Å²) in [6, 6.07) is 14.8. The minimum absolute atomic E-state index is 0.0933. The van der Waals surface area contributed by atoms with E-state index in [1.807, 2.05) is 0 Å². The number of carbonyl (C=O) groups is 3. The molecule has 0 heterocycles. The molecular formula is C25H18N4O8. The van der Waals surface area contributed by atoms with Crippen LogP contribution in [-0.2, 0) is 9.59 Å². The molecule has 0 aliphatic heterocycles. The summed E-state index contributed by atoms with van der Waals surface area (Å²) in [6.45, 7) is 0. The number of nitrogens with zero attached hydrogens (tertiary/aromatic N) is 2. The zero-order chi connectivity index (χ0) is 26.9. The fourth-order valence-electron chi connectivity index (χ4n) is 3.02. The molecule has 3 rings (SSSR count). The number of hydrogen-bond donors (Lipinski definition) is 3. The Kier molecular flexibility index (Phi) is 8.18. The van der Waals surface area contributed by atoms with E-state index in [-0.39, 0.29) is 28.3 Å². The lowest BCUT2D eigenvalue weighted by Crippen LogP contribution is -2.12. The van der Waals surface area contributed by atoms with Crippen molar-refractivity contribution in [1.29, 1.82) is 0 Å². The number of hydrogen-bond acceptors (Lipinski definition) is 7. The van der Waals surface area contributed by atoms with Gasteiger partial charge in [0, 0.05) is 47.8 Å². The number of amides is 2. The van der Waals surface area contributed by atoms with Gasteiger partial charge in [0.05, 0.1) is 15.4 Å². The monoisotopic (exact) mass is 502 g/mol. The average Bonchev–Trinajstić information content (AvgIpc) is 2.86. The van der Waals surface area contributed by atoms with E-state index in [0.717, 1.165) is 0 Å². The lowest BCUT2D eigenvalue weighted by Gasteiger charge is -2.09. The van der Waals surface area contributed by atoms with Gasteiger partial charge in [-0.25, -0.2) is 4.79 Å². The number of anilines is 2. The number of carboxylic acid groups (broad SMARTS) is 1. The Hall–Kier alpha value is -5.65. The normalized spacial score (nSPS) is 10.8. The highest BCUT2D eigenvalue weighted by molar-refractivity contribution is 6.05. The maximum atomic E-state index is 12.3. The summed E-state index contributed by atoms with van der Waals surface area (Å²) in [4.78, 5) is 56.5. The van der Waals surface area contributed by atoms with Crippen LogP contribution in [0.2, 0.25) is 0 Å². The van der Waals surface area contributed by atoms with Gasteiger partial charge in [-0.05, 0) is 65.7 Å². The van der Waals surface area contributed by atoms with Crippen molar-refractivity contribution in [2.24, 2.45) is 0 Å². The summed E-state index contributed by atoms with van der Waals surface area (Å²) in [5.41, 5.74) is 0.904. The Morgan fingerprint density at radius 3 is 1.38 bits per heavy atom. The van der Waals surface area contributed by atoms with Crippen LogP contribution in [0, 0.1) is 20.2 Å². The summed E-state index contributed by atoms with van der Waals surface area (Å²) in [7, 11) is 0. The summed E-state index contributed by atoms with van der Waals surface area (Å²) < 4.78 is 0. The van der Waals surface area contributed by atoms with Crippen molar-refractivity contribution in [2.45, 2.75) is 0 Å². The van der Waals surface area contributed by atoms with E-state index in [2.05, 4.69) is 10.6 Å². The molecule has 0 atom stereocenters. The molecule has 12 nitrogen and oxygen atoms in total. The van der Waals surface area contributed by atoms with Gasteiger partial charge in [-0.15, -0.1) is 0 Å². The van der Waals surface area contributed by atoms with Crippen LogP contribution in [0.3, 0.4) is 0 Å². The van der Waals surface area contributed by atoms with Crippen LogP contribution in [0.4, 0.5) is 22.7 Å². The fraction of sp³-hybridized carbons (Fsp3) is 0. The van der Waals surface area contributed by atoms with Crippen LogP contribution in [-0.4, -0.2) is 32.7 Å². The van der Waals surface area contributed by atoms with Crippen molar-refractivity contribution in [3.8, 4) is 0 Å². The second kappa shape index (κ2) is 11.7. The average molecular weight is 502 g/mol. The first-order valence-electron chi connectivity index (χ1n) is 10.5. The van der Waals surface area contributed by atoms with Gasteiger partial charge < -0.3 is 15.7 Å². The Morgan fingerprint density at radius 2 is 1.05 bits per heavy atom. The molecule has 0 saturated heterocycles. The fourth-order valence-corrected chi connectivity index (χ4v) is 3.02. The van der Waals surface area contributed by atoms with Gasteiger partial charge in [0.1, 0.15) is 0 Å². The predicted octanol–water partition coefficient (Wildman–Crippen LogP) is 4.51. The van der Waals surface area contributed by atoms with Crippen LogP contribution in [0.1, 0.15) is 21.5 Å². The van der Waals surface area contributed by atoms with E-state index in [0.29, 0.717) is 11.1 Å². The quantitative estimate of drug-likeness (QED) is 0.217. The number of benzene rings is 3. The van der Waals surface area contributed by atoms with Crippen molar-refractivity contribution in [3.05, 3.63) is 116 Å². The van der Waals surface area contributed by atoms with Gasteiger partial charge >= 0.3 is 5.97 Å². The van der Waals surface area contributed by atoms with Gasteiger partial charge in [-0.1, -0.05) is 0 Å². The molecule has 3 aromatic carbocycles. The van der Waals surface area contributed by atoms with Crippen molar-refractivity contribution >= 4 is 52.7 Å². The SMILES string of the molecule is O=C(C=Cc1ccc([N+](=O)[O-])cc1)Nc1cc(NC(=O)C=Cc2ccc([N+](=O)[O-])cc2)cc(C(=O)O)c1. The van der Waals surface area contributed by atoms with Crippen LogP contribution >= 0.6 is 0 Å². The molecule has 0 fully saturated rings. The molecule has 3 N–H and O–H groups in total. The second-order valence-electron chi connectivity index (χ2n) is 7.45. The lowest BCUT2D eigenvalue weighted by molar-refractivity contribution is -0.385. The number of carbonyl (C=O) groups excluding carboxylic acids is 2. The highest BCUT2D eigenvalue weighted by Crippen LogP contribution is 2.20. The van der Waals surface area contributed by atoms with Crippen LogP contribution in [0.5, 0.6) is 0 Å². The molecule has 3 aromatic rings. The Labute approximate surface area is 208 Å². The number of aromatic carboxylic acids is 1. The van der Waals surface area contributed by atoms with E-state index in [4.69, 9.17) is 0 Å². The first-order valence-corrected chi connectivity index (χ1v) is 10.5. The molecule has 0 spiro atoms. The van der Waals surface area contributed by atoms with Crippen molar-refractivity contribution in [3.63, 3.8) is 0 Å². The molecule has 0 aliphatic carbocycles. The van der Waals surface area contributed by atoms with Crippen molar-refractivity contribution in [2.75, 3.05) is 10.6 Å². The summed E-state index contributed by atoms with van der Waals surface area (Å²) >= 11 is 0. The zero-order valence-corrected chi connectivity index (χ0v) is 18.9. The highest BCUT2D eigenvalue weighted by Gasteiger charge is 2.10. The van der Waals surface area contributed by atoms with Gasteiger partial charge in [-0.2, -0.15) is 0 Å². The molecule has 0 bridgehead atoms. The van der Waals surface area contributed by atoms with Crippen LogP contribution in [0.25, 0.3) is 12.2 Å². The minimum Gasteiger partial charge on any atom is -0.478 e. The predicted molar refractivity (Wildman–Crippen MR) is 135 cm³/mol. The van der Waals surface area contributed by atoms with Crippen molar-refractivity contribution in [1.82, 2.24) is 0 Å². The Morgan fingerprint density at radius 1 is 0.676 bits per heavy atom. The maximum Gasteiger partial charge on any atom is 0.335 e. The van der Waals surface area contributed by atoms with Gasteiger partial charge in [0.15, 0.2) is 0 Å². The molecule has 186 valence electrons. The first-order chi connectivity index (χ1) is 17.6. The van der Waals surface area contributed by atoms with Gasteiger partial charge in [0.2, 0.25) is 11.8 Å². The standard InChI is InChI=1S/C25H18N4O8/c30-23(11-5-16-1-7-21(8-2-16)28(34)35)26-19-13-18(25(32)33)14-20(15-19)27-24(31)12-6-17-3-9-22(10-4-17)29(36)37/h1-15H,(H,26,30)(H,27,31)(H,32,33). The maximum absolute atomic E-state index is 12.3. The number of nitro benzene ring substituents is 2. The molecule has 0 radical (unpaired) electrons. The number of nitro groups is 2. The third-order valence-electron chi connectivity index (χ3n) is 4.78. The summed E-state index contributed by atoms with van der Waals surface area (Å²) in [6.07, 6.45) is 5.18. The molecular weight excluding hydrogens is 484 g/mol. The number of carboxylic acids is 1. The van der Waals surface area contributed by atoms with Gasteiger partial charge in [0.25, 0.3) is 11.4 Å². The molecule has 0 aliphatic rings. The number of non-ortho nitro benzene ring substituents is 2. The smallest absolute Gasteiger partial charge is 0.335 e. The van der Waals surface area contributed by atoms with Crippen LogP contribution in [0.15, 0.2) is 78.9 Å². The first kappa shape index (κ1) is 26.0. The van der Waals surface area contributed by atoms with Crippen molar-refractivity contribution < 1.29 is 29.3 Å². The van der Waals surface area contributed by atoms with E-state index in [1.165, 1.54) is 91.0 Å². The molecule has 12 heteroatoms. The number of rotatable bonds is 9. The van der Waals surface area contributed by atoms with Crippen LogP contribution < -0.4 is 10.6 Å². The summed E-state index contributed by atoms with van der Waals surface area (Å²) in [5.74, 6) is -2.48. The van der Waals surface area contributed by atoms with E-state index >= 15 is 0 Å². The third-order valence-corrected chi connectivity index (χ3v) is 4.78. The van der Waals surface area contributed by atoms with E-state index in [9.17, 15) is 39.7 Å². The number of nitrogens with one attached hydrogen (secondary N) is 2. The molecule has 2 amide bonds. The lowest BCUT2D eigenvalue weighted by atomic mass is 10.1. The second-order valence-corrected chi connectivity index (χ2v) is 7.45. The molecule has 37 heavy (non-hydrogen) atoms. The Balaban J connectivity index is 1.69. The van der Waals surface area contributed by atoms with E-state index < -0.39 is 27.6 Å². The topological polar surface area (TPSA) is 182 Å². The minimum atomic E-state index is -1.28.